The SMILES string of the molecule is CC(C)[C@@H](C(=O)N1CC[C@H](S(C)(=O)=O)C1)N1C[C@@H](C)O[C@H](C)C1. The molecule has 4 atom stereocenters. The number of amides is 1. The Morgan fingerprint density at radius 3 is 2.13 bits per heavy atom. The number of ether oxygens (including phenoxy) is 1. The van der Waals surface area contributed by atoms with Crippen LogP contribution >= 0.6 is 0 Å². The molecule has 2 aliphatic rings. The maximum Gasteiger partial charge on any atom is 0.240 e. The predicted octanol–water partition coefficient (Wildman–Crippen LogP) is 0.766. The maximum absolute atomic E-state index is 13.0. The van der Waals surface area contributed by atoms with E-state index in [1.165, 1.54) is 6.26 Å². The number of nitrogens with zero attached hydrogens (tertiary/aromatic N) is 2. The van der Waals surface area contributed by atoms with Crippen molar-refractivity contribution in [3.8, 4) is 0 Å². The summed E-state index contributed by atoms with van der Waals surface area (Å²) < 4.78 is 29.2. The van der Waals surface area contributed by atoms with E-state index >= 15 is 0 Å². The van der Waals surface area contributed by atoms with Crippen molar-refractivity contribution < 1.29 is 17.9 Å². The van der Waals surface area contributed by atoms with Crippen LogP contribution in [0.15, 0.2) is 0 Å². The Kier molecular flexibility index (Phi) is 5.74. The molecule has 0 bridgehead atoms. The van der Waals surface area contributed by atoms with Gasteiger partial charge in [-0.15, -0.1) is 0 Å². The predicted molar refractivity (Wildman–Crippen MR) is 90.0 cm³/mol. The molecule has 0 radical (unpaired) electrons. The Bertz CT molecular complexity index is 524. The minimum atomic E-state index is -3.08. The Morgan fingerprint density at radius 2 is 1.70 bits per heavy atom. The molecule has 134 valence electrons. The molecule has 2 fully saturated rings. The lowest BCUT2D eigenvalue weighted by Gasteiger charge is -2.42. The van der Waals surface area contributed by atoms with E-state index < -0.39 is 15.1 Å². The molecule has 0 saturated carbocycles. The van der Waals surface area contributed by atoms with Crippen molar-refractivity contribution >= 4 is 15.7 Å². The second-order valence-electron chi connectivity index (χ2n) is 7.42. The van der Waals surface area contributed by atoms with Gasteiger partial charge in [0.15, 0.2) is 9.84 Å². The van der Waals surface area contributed by atoms with E-state index in [0.717, 1.165) is 13.1 Å². The summed E-state index contributed by atoms with van der Waals surface area (Å²) in [5.41, 5.74) is 0. The highest BCUT2D eigenvalue weighted by molar-refractivity contribution is 7.91. The van der Waals surface area contributed by atoms with E-state index in [0.29, 0.717) is 19.5 Å². The third kappa shape index (κ3) is 4.45. The smallest absolute Gasteiger partial charge is 0.240 e. The van der Waals surface area contributed by atoms with E-state index in [4.69, 9.17) is 4.74 Å². The molecule has 0 spiro atoms. The Hall–Kier alpha value is -0.660. The normalized spacial score (nSPS) is 31.6. The molecule has 0 aromatic rings. The zero-order chi connectivity index (χ0) is 17.4. The van der Waals surface area contributed by atoms with Gasteiger partial charge in [0, 0.05) is 32.4 Å². The van der Waals surface area contributed by atoms with Crippen LogP contribution in [0.5, 0.6) is 0 Å². The monoisotopic (exact) mass is 346 g/mol. The number of morpholine rings is 1. The molecule has 23 heavy (non-hydrogen) atoms. The highest BCUT2D eigenvalue weighted by Gasteiger charge is 2.40. The van der Waals surface area contributed by atoms with Gasteiger partial charge in [0.1, 0.15) is 0 Å². The summed E-state index contributed by atoms with van der Waals surface area (Å²) in [5, 5.41) is -0.415. The van der Waals surface area contributed by atoms with Crippen molar-refractivity contribution in [1.29, 1.82) is 0 Å². The molecule has 1 amide bonds. The molecule has 0 aromatic heterocycles. The number of rotatable bonds is 4. The van der Waals surface area contributed by atoms with E-state index in [-0.39, 0.29) is 30.1 Å². The lowest BCUT2D eigenvalue weighted by molar-refractivity contribution is -0.144. The minimum Gasteiger partial charge on any atom is -0.373 e. The van der Waals surface area contributed by atoms with Crippen LogP contribution in [0, 0.1) is 5.92 Å². The van der Waals surface area contributed by atoms with E-state index in [2.05, 4.69) is 18.7 Å². The second kappa shape index (κ2) is 7.07. The van der Waals surface area contributed by atoms with Crippen LogP contribution in [0.25, 0.3) is 0 Å². The maximum atomic E-state index is 13.0. The largest absolute Gasteiger partial charge is 0.373 e. The van der Waals surface area contributed by atoms with Crippen LogP contribution in [-0.2, 0) is 19.4 Å². The Morgan fingerprint density at radius 1 is 1.13 bits per heavy atom. The van der Waals surface area contributed by atoms with Gasteiger partial charge in [-0.2, -0.15) is 0 Å². The van der Waals surface area contributed by atoms with E-state index in [1.807, 2.05) is 13.8 Å². The molecule has 0 N–H and O–H groups in total. The van der Waals surface area contributed by atoms with E-state index in [9.17, 15) is 13.2 Å². The molecule has 2 saturated heterocycles. The molecule has 6 nitrogen and oxygen atoms in total. The standard InChI is InChI=1S/C16H30N2O4S/c1-11(2)15(18-8-12(3)22-13(4)9-18)16(19)17-7-6-14(10-17)23(5,20)21/h11-15H,6-10H2,1-5H3/t12-,13-,14+,15+/m1/s1. The summed E-state index contributed by atoms with van der Waals surface area (Å²) in [7, 11) is -3.08. The Labute approximate surface area is 140 Å². The Balaban J connectivity index is 2.10. The van der Waals surface area contributed by atoms with Crippen LogP contribution in [0.4, 0.5) is 0 Å². The van der Waals surface area contributed by atoms with Crippen LogP contribution in [0.1, 0.15) is 34.1 Å². The van der Waals surface area contributed by atoms with Gasteiger partial charge in [0.25, 0.3) is 0 Å². The number of sulfone groups is 1. The van der Waals surface area contributed by atoms with Gasteiger partial charge in [0.2, 0.25) is 5.91 Å². The summed E-state index contributed by atoms with van der Waals surface area (Å²) in [6, 6.07) is -0.206. The second-order valence-corrected chi connectivity index (χ2v) is 9.75. The van der Waals surface area contributed by atoms with Crippen molar-refractivity contribution in [1.82, 2.24) is 9.80 Å². The van der Waals surface area contributed by atoms with Gasteiger partial charge in [-0.05, 0) is 26.2 Å². The molecule has 2 heterocycles. The molecule has 2 rings (SSSR count). The molecule has 0 aliphatic carbocycles. The lowest BCUT2D eigenvalue weighted by Crippen LogP contribution is -2.57. The quantitative estimate of drug-likeness (QED) is 0.752. The molecule has 7 heteroatoms. The zero-order valence-electron chi connectivity index (χ0n) is 14.9. The van der Waals surface area contributed by atoms with Crippen molar-refractivity contribution in [2.24, 2.45) is 5.92 Å². The fourth-order valence-electron chi connectivity index (χ4n) is 3.77. The van der Waals surface area contributed by atoms with Gasteiger partial charge in [-0.3, -0.25) is 9.69 Å². The van der Waals surface area contributed by atoms with Crippen LogP contribution < -0.4 is 0 Å². The summed E-state index contributed by atoms with van der Waals surface area (Å²) in [6.07, 6.45) is 2.02. The average molecular weight is 346 g/mol. The first kappa shape index (κ1) is 18.7. The first-order valence-corrected chi connectivity index (χ1v) is 10.4. The summed E-state index contributed by atoms with van der Waals surface area (Å²) in [6.45, 7) is 10.5. The highest BCUT2D eigenvalue weighted by atomic mass is 32.2. The van der Waals surface area contributed by atoms with E-state index in [1.54, 1.807) is 4.90 Å². The summed E-state index contributed by atoms with van der Waals surface area (Å²) in [4.78, 5) is 17.0. The first-order valence-electron chi connectivity index (χ1n) is 8.46. The first-order chi connectivity index (χ1) is 10.6. The van der Waals surface area contributed by atoms with Gasteiger partial charge < -0.3 is 9.64 Å². The highest BCUT2D eigenvalue weighted by Crippen LogP contribution is 2.23. The summed E-state index contributed by atoms with van der Waals surface area (Å²) >= 11 is 0. The third-order valence-electron chi connectivity index (χ3n) is 4.79. The molecule has 0 aromatic carbocycles. The zero-order valence-corrected chi connectivity index (χ0v) is 15.7. The van der Waals surface area contributed by atoms with Gasteiger partial charge in [-0.1, -0.05) is 13.8 Å². The molecule has 0 unspecified atom stereocenters. The molecule has 2 aliphatic heterocycles. The summed E-state index contributed by atoms with van der Waals surface area (Å²) in [5.74, 6) is 0.240. The number of likely N-dealkylation sites (tertiary alicyclic amines) is 1. The topological polar surface area (TPSA) is 66.9 Å². The fraction of sp³-hybridized carbons (Fsp3) is 0.938. The molecular weight excluding hydrogens is 316 g/mol. The number of hydrogen-bond donors (Lipinski definition) is 0. The van der Waals surface area contributed by atoms with Gasteiger partial charge in [0.05, 0.1) is 23.5 Å². The van der Waals surface area contributed by atoms with Gasteiger partial charge >= 0.3 is 0 Å². The van der Waals surface area contributed by atoms with Crippen molar-refractivity contribution in [3.63, 3.8) is 0 Å². The van der Waals surface area contributed by atoms with Crippen molar-refractivity contribution in [2.45, 2.75) is 57.6 Å². The van der Waals surface area contributed by atoms with Crippen LogP contribution in [0.2, 0.25) is 0 Å². The number of hydrogen-bond acceptors (Lipinski definition) is 5. The van der Waals surface area contributed by atoms with Crippen molar-refractivity contribution in [2.75, 3.05) is 32.4 Å². The van der Waals surface area contributed by atoms with Crippen molar-refractivity contribution in [3.05, 3.63) is 0 Å². The van der Waals surface area contributed by atoms with Gasteiger partial charge in [-0.25, -0.2) is 8.42 Å². The van der Waals surface area contributed by atoms with Crippen LogP contribution in [0.3, 0.4) is 0 Å². The average Bonchev–Trinajstić information content (AvgIpc) is 2.86. The third-order valence-corrected chi connectivity index (χ3v) is 6.38. The van der Waals surface area contributed by atoms with Crippen LogP contribution in [-0.4, -0.2) is 80.1 Å². The number of carbonyl (C=O) groups is 1. The minimum absolute atomic E-state index is 0.0625. The lowest BCUT2D eigenvalue weighted by atomic mass is 9.99. The fourth-order valence-corrected chi connectivity index (χ4v) is 4.76. The number of carbonyl (C=O) groups excluding carboxylic acids is 1. The molecular formula is C16H30N2O4S.